The van der Waals surface area contributed by atoms with E-state index in [0.29, 0.717) is 13.0 Å². The van der Waals surface area contributed by atoms with E-state index in [1.54, 1.807) is 0 Å². The summed E-state index contributed by atoms with van der Waals surface area (Å²) in [6, 6.07) is 18.2. The highest BCUT2D eigenvalue weighted by molar-refractivity contribution is 5.83. The lowest BCUT2D eigenvalue weighted by atomic mass is 10.1. The molecule has 0 aliphatic carbocycles. The van der Waals surface area contributed by atoms with E-state index in [2.05, 4.69) is 27.5 Å². The van der Waals surface area contributed by atoms with Crippen LogP contribution in [0.3, 0.4) is 0 Å². The molecule has 0 aliphatic rings. The number of rotatable bonds is 6. The van der Waals surface area contributed by atoms with E-state index in [-0.39, 0.29) is 5.91 Å². The first-order valence-electron chi connectivity index (χ1n) is 9.55. The Hall–Kier alpha value is -3.34. The van der Waals surface area contributed by atoms with Crippen LogP contribution < -0.4 is 5.32 Å². The topological polar surface area (TPSA) is 62.7 Å². The Morgan fingerprint density at radius 3 is 2.64 bits per heavy atom. The van der Waals surface area contributed by atoms with Crippen molar-refractivity contribution < 1.29 is 4.79 Å². The van der Waals surface area contributed by atoms with Crippen molar-refractivity contribution in [3.05, 3.63) is 83.3 Å². The van der Waals surface area contributed by atoms with Crippen LogP contribution in [0.2, 0.25) is 0 Å². The van der Waals surface area contributed by atoms with Crippen molar-refractivity contribution in [3.8, 4) is 5.69 Å². The maximum Gasteiger partial charge on any atom is 0.224 e. The number of amides is 1. The molecule has 0 fully saturated rings. The summed E-state index contributed by atoms with van der Waals surface area (Å²) in [7, 11) is 0. The van der Waals surface area contributed by atoms with Gasteiger partial charge in [0.05, 0.1) is 17.8 Å². The van der Waals surface area contributed by atoms with Gasteiger partial charge in [-0.05, 0) is 44.0 Å². The fraction of sp³-hybridized carbons (Fsp3) is 0.217. The molecule has 0 radical (unpaired) electrons. The first kappa shape index (κ1) is 18.0. The van der Waals surface area contributed by atoms with Crippen LogP contribution in [0.5, 0.6) is 0 Å². The number of nitrogens with zero attached hydrogens (tertiary/aromatic N) is 2. The van der Waals surface area contributed by atoms with Gasteiger partial charge in [-0.3, -0.25) is 4.79 Å². The summed E-state index contributed by atoms with van der Waals surface area (Å²) < 4.78 is 1.91. The minimum Gasteiger partial charge on any atom is -0.361 e. The summed E-state index contributed by atoms with van der Waals surface area (Å²) in [5.41, 5.74) is 6.26. The zero-order valence-electron chi connectivity index (χ0n) is 16.2. The molecule has 0 unspecified atom stereocenters. The number of H-pyrrole nitrogens is 1. The van der Waals surface area contributed by atoms with Crippen LogP contribution in [-0.4, -0.2) is 27.2 Å². The molecule has 28 heavy (non-hydrogen) atoms. The minimum atomic E-state index is 0.0265. The van der Waals surface area contributed by atoms with Crippen molar-refractivity contribution in [2.45, 2.75) is 26.7 Å². The smallest absolute Gasteiger partial charge is 0.224 e. The number of hydrogen-bond donors (Lipinski definition) is 2. The van der Waals surface area contributed by atoms with Gasteiger partial charge in [-0.1, -0.05) is 36.4 Å². The van der Waals surface area contributed by atoms with Crippen LogP contribution in [0.4, 0.5) is 0 Å². The number of aromatic amines is 1. The highest BCUT2D eigenvalue weighted by Gasteiger charge is 2.15. The first-order chi connectivity index (χ1) is 13.6. The summed E-state index contributed by atoms with van der Waals surface area (Å²) in [6.45, 7) is 4.59. The molecular weight excluding hydrogens is 348 g/mol. The fourth-order valence-electron chi connectivity index (χ4n) is 3.65. The lowest BCUT2D eigenvalue weighted by Gasteiger charge is -2.07. The number of carbonyl (C=O) groups is 1. The molecule has 5 nitrogen and oxygen atoms in total. The lowest BCUT2D eigenvalue weighted by Crippen LogP contribution is -2.27. The highest BCUT2D eigenvalue weighted by atomic mass is 16.1. The number of nitrogens with one attached hydrogen (secondary N) is 2. The zero-order valence-corrected chi connectivity index (χ0v) is 16.2. The molecule has 2 aromatic heterocycles. The molecule has 5 heteroatoms. The van der Waals surface area contributed by atoms with E-state index < -0.39 is 0 Å². The maximum atomic E-state index is 12.5. The van der Waals surface area contributed by atoms with Crippen molar-refractivity contribution in [2.75, 3.05) is 6.54 Å². The second kappa shape index (κ2) is 7.72. The van der Waals surface area contributed by atoms with Crippen LogP contribution >= 0.6 is 0 Å². The molecule has 1 amide bonds. The van der Waals surface area contributed by atoms with Crippen molar-refractivity contribution in [3.63, 3.8) is 0 Å². The Morgan fingerprint density at radius 2 is 1.82 bits per heavy atom. The summed E-state index contributed by atoms with van der Waals surface area (Å²) in [6.07, 6.45) is 3.17. The van der Waals surface area contributed by atoms with Gasteiger partial charge in [-0.15, -0.1) is 0 Å². The molecular formula is C23H24N4O. The van der Waals surface area contributed by atoms with Gasteiger partial charge >= 0.3 is 0 Å². The van der Waals surface area contributed by atoms with Crippen LogP contribution in [-0.2, 0) is 17.6 Å². The van der Waals surface area contributed by atoms with E-state index >= 15 is 0 Å². The Balaban J connectivity index is 1.39. The van der Waals surface area contributed by atoms with Gasteiger partial charge in [0.1, 0.15) is 0 Å². The zero-order chi connectivity index (χ0) is 19.5. The molecule has 4 aromatic rings. The number of aromatic nitrogens is 3. The number of aryl methyl sites for hydroxylation is 1. The number of fused-ring (bicyclic) bond motifs is 1. The number of para-hydroxylation sites is 2. The van der Waals surface area contributed by atoms with Gasteiger partial charge in [0.15, 0.2) is 0 Å². The van der Waals surface area contributed by atoms with E-state index in [1.807, 2.05) is 67.2 Å². The molecule has 0 aliphatic heterocycles. The quantitative estimate of drug-likeness (QED) is 0.540. The normalized spacial score (nSPS) is 11.1. The lowest BCUT2D eigenvalue weighted by molar-refractivity contribution is -0.120. The van der Waals surface area contributed by atoms with Crippen molar-refractivity contribution in [2.24, 2.45) is 0 Å². The highest BCUT2D eigenvalue weighted by Crippen LogP contribution is 2.19. The van der Waals surface area contributed by atoms with Crippen LogP contribution in [0, 0.1) is 13.8 Å². The van der Waals surface area contributed by atoms with Crippen LogP contribution in [0.15, 0.2) is 60.8 Å². The summed E-state index contributed by atoms with van der Waals surface area (Å²) >= 11 is 0. The third-order valence-corrected chi connectivity index (χ3v) is 5.17. The van der Waals surface area contributed by atoms with E-state index in [0.717, 1.165) is 34.6 Å². The average Bonchev–Trinajstić information content (AvgIpc) is 3.25. The Labute approximate surface area is 164 Å². The number of carbonyl (C=O) groups excluding carboxylic acids is 1. The predicted molar refractivity (Wildman–Crippen MR) is 112 cm³/mol. The molecule has 0 saturated heterocycles. The second-order valence-electron chi connectivity index (χ2n) is 7.03. The van der Waals surface area contributed by atoms with Gasteiger partial charge in [-0.25, -0.2) is 4.68 Å². The van der Waals surface area contributed by atoms with Crippen LogP contribution in [0.25, 0.3) is 16.6 Å². The van der Waals surface area contributed by atoms with Gasteiger partial charge in [0.25, 0.3) is 0 Å². The molecule has 0 saturated carbocycles. The van der Waals surface area contributed by atoms with Gasteiger partial charge in [0, 0.05) is 34.9 Å². The third-order valence-electron chi connectivity index (χ3n) is 5.17. The molecule has 2 N–H and O–H groups in total. The van der Waals surface area contributed by atoms with Gasteiger partial charge in [-0.2, -0.15) is 5.10 Å². The molecule has 2 aromatic carbocycles. The summed E-state index contributed by atoms with van der Waals surface area (Å²) in [4.78, 5) is 15.8. The van der Waals surface area contributed by atoms with E-state index in [4.69, 9.17) is 0 Å². The van der Waals surface area contributed by atoms with Crippen molar-refractivity contribution in [1.29, 1.82) is 0 Å². The Morgan fingerprint density at radius 1 is 1.07 bits per heavy atom. The number of benzene rings is 2. The Kier molecular flexibility index (Phi) is 4.98. The predicted octanol–water partition coefficient (Wildman–Crippen LogP) is 3.87. The van der Waals surface area contributed by atoms with Gasteiger partial charge < -0.3 is 10.3 Å². The van der Waals surface area contributed by atoms with E-state index in [9.17, 15) is 4.79 Å². The monoisotopic (exact) mass is 372 g/mol. The standard InChI is InChI=1S/C23H24N4O/c1-16-21(17(2)27(26-16)19-8-4-3-5-9-19)14-23(28)24-13-12-18-15-25-22-11-7-6-10-20(18)22/h3-11,15,25H,12-14H2,1-2H3,(H,24,28). The molecule has 142 valence electrons. The average molecular weight is 372 g/mol. The molecule has 0 bridgehead atoms. The molecule has 0 atom stereocenters. The Bertz CT molecular complexity index is 1110. The third kappa shape index (κ3) is 3.56. The SMILES string of the molecule is Cc1nn(-c2ccccc2)c(C)c1CC(=O)NCCc1c[nH]c2ccccc12. The minimum absolute atomic E-state index is 0.0265. The largest absolute Gasteiger partial charge is 0.361 e. The molecule has 2 heterocycles. The fourth-order valence-corrected chi connectivity index (χ4v) is 3.65. The number of hydrogen-bond acceptors (Lipinski definition) is 2. The van der Waals surface area contributed by atoms with Crippen molar-refractivity contribution in [1.82, 2.24) is 20.1 Å². The van der Waals surface area contributed by atoms with Gasteiger partial charge in [0.2, 0.25) is 5.91 Å². The molecule has 0 spiro atoms. The second-order valence-corrected chi connectivity index (χ2v) is 7.03. The maximum absolute atomic E-state index is 12.5. The summed E-state index contributed by atoms with van der Waals surface area (Å²) in [5, 5.41) is 8.88. The first-order valence-corrected chi connectivity index (χ1v) is 9.55. The summed E-state index contributed by atoms with van der Waals surface area (Å²) in [5.74, 6) is 0.0265. The van der Waals surface area contributed by atoms with Crippen LogP contribution in [0.1, 0.15) is 22.5 Å². The van der Waals surface area contributed by atoms with E-state index in [1.165, 1.54) is 10.9 Å². The van der Waals surface area contributed by atoms with Crippen molar-refractivity contribution >= 4 is 16.8 Å². The molecule has 4 rings (SSSR count).